The number of phenolic OH excluding ortho intramolecular Hbond substituents is 1. The zero-order valence-corrected chi connectivity index (χ0v) is 10.2. The first-order valence-electron chi connectivity index (χ1n) is 3.79. The van der Waals surface area contributed by atoms with E-state index in [1.807, 2.05) is 36.5 Å². The number of benzene rings is 1. The van der Waals surface area contributed by atoms with E-state index in [1.165, 1.54) is 0 Å². The molecule has 0 unspecified atom stereocenters. The van der Waals surface area contributed by atoms with Crippen molar-refractivity contribution in [1.29, 1.82) is 0 Å². The van der Waals surface area contributed by atoms with Crippen LogP contribution in [0.1, 0.15) is 0 Å². The first-order valence-corrected chi connectivity index (χ1v) is 3.79. The Bertz CT molecular complexity index is 370. The molecule has 13 heavy (non-hydrogen) atoms. The molecule has 2 nitrogen and oxygen atoms in total. The number of para-hydroxylation sites is 1. The quantitative estimate of drug-likeness (QED) is 0.717. The van der Waals surface area contributed by atoms with Gasteiger partial charge in [0.15, 0.2) is 0 Å². The minimum atomic E-state index is 0. The SMILES string of the molecule is Oc1ccccc1-c1ccc[nH]1.[Zn+2]. The summed E-state index contributed by atoms with van der Waals surface area (Å²) in [7, 11) is 0. The van der Waals surface area contributed by atoms with Gasteiger partial charge >= 0.3 is 19.5 Å². The summed E-state index contributed by atoms with van der Waals surface area (Å²) < 4.78 is 0. The van der Waals surface area contributed by atoms with E-state index in [4.69, 9.17) is 0 Å². The van der Waals surface area contributed by atoms with Crippen LogP contribution in [0.25, 0.3) is 11.3 Å². The topological polar surface area (TPSA) is 36.0 Å². The maximum absolute atomic E-state index is 9.46. The van der Waals surface area contributed by atoms with Crippen LogP contribution in [0.15, 0.2) is 42.6 Å². The van der Waals surface area contributed by atoms with Crippen molar-refractivity contribution in [3.63, 3.8) is 0 Å². The van der Waals surface area contributed by atoms with E-state index in [2.05, 4.69) is 4.98 Å². The van der Waals surface area contributed by atoms with Crippen molar-refractivity contribution in [2.45, 2.75) is 0 Å². The molecule has 0 spiro atoms. The normalized spacial score (nSPS) is 9.23. The van der Waals surface area contributed by atoms with Crippen LogP contribution < -0.4 is 0 Å². The molecule has 1 aromatic heterocycles. The molecule has 0 saturated heterocycles. The van der Waals surface area contributed by atoms with Gasteiger partial charge in [-0.05, 0) is 24.3 Å². The van der Waals surface area contributed by atoms with Crippen LogP contribution >= 0.6 is 0 Å². The van der Waals surface area contributed by atoms with E-state index in [-0.39, 0.29) is 19.5 Å². The fraction of sp³-hybridized carbons (Fsp3) is 0. The van der Waals surface area contributed by atoms with Crippen LogP contribution in [0.4, 0.5) is 0 Å². The third-order valence-electron chi connectivity index (χ3n) is 1.79. The summed E-state index contributed by atoms with van der Waals surface area (Å²) in [6, 6.07) is 11.1. The molecule has 0 bridgehead atoms. The maximum Gasteiger partial charge on any atom is 2.00 e. The molecule has 2 aromatic rings. The number of rotatable bonds is 1. The number of aromatic amines is 1. The van der Waals surface area contributed by atoms with Crippen molar-refractivity contribution in [2.75, 3.05) is 0 Å². The smallest absolute Gasteiger partial charge is 0.507 e. The second-order valence-electron chi connectivity index (χ2n) is 2.60. The van der Waals surface area contributed by atoms with Crippen molar-refractivity contribution in [3.8, 4) is 17.0 Å². The summed E-state index contributed by atoms with van der Waals surface area (Å²) in [5.41, 5.74) is 1.77. The summed E-state index contributed by atoms with van der Waals surface area (Å²) in [5.74, 6) is 0.306. The zero-order valence-electron chi connectivity index (χ0n) is 7.20. The number of H-pyrrole nitrogens is 1. The van der Waals surface area contributed by atoms with E-state index >= 15 is 0 Å². The van der Waals surface area contributed by atoms with Crippen LogP contribution in [-0.2, 0) is 19.5 Å². The van der Waals surface area contributed by atoms with Gasteiger partial charge in [-0.25, -0.2) is 0 Å². The zero-order chi connectivity index (χ0) is 8.39. The van der Waals surface area contributed by atoms with Gasteiger partial charge in [-0.1, -0.05) is 12.1 Å². The summed E-state index contributed by atoms with van der Waals surface area (Å²) in [6.07, 6.45) is 1.84. The Kier molecular flexibility index (Phi) is 3.27. The fourth-order valence-corrected chi connectivity index (χ4v) is 1.20. The molecule has 1 aromatic carbocycles. The standard InChI is InChI=1S/C10H9NO.Zn/c12-10-6-2-1-4-8(10)9-5-3-7-11-9;/h1-7,11-12H;/q;+2. The van der Waals surface area contributed by atoms with Gasteiger partial charge in [-0.2, -0.15) is 0 Å². The second-order valence-corrected chi connectivity index (χ2v) is 2.60. The number of hydrogen-bond donors (Lipinski definition) is 2. The Morgan fingerprint density at radius 3 is 2.38 bits per heavy atom. The minimum absolute atomic E-state index is 0. The first-order chi connectivity index (χ1) is 5.88. The molecule has 0 radical (unpaired) electrons. The Hall–Kier alpha value is -1.08. The van der Waals surface area contributed by atoms with Gasteiger partial charge in [0.25, 0.3) is 0 Å². The van der Waals surface area contributed by atoms with Crippen molar-refractivity contribution in [1.82, 2.24) is 4.98 Å². The maximum atomic E-state index is 9.46. The number of nitrogens with one attached hydrogen (secondary N) is 1. The molecule has 0 atom stereocenters. The molecule has 2 rings (SSSR count). The third kappa shape index (κ3) is 1.99. The Morgan fingerprint density at radius 1 is 1.00 bits per heavy atom. The molecule has 3 heteroatoms. The van der Waals surface area contributed by atoms with Crippen LogP contribution in [0.2, 0.25) is 0 Å². The average molecular weight is 225 g/mol. The minimum Gasteiger partial charge on any atom is -0.507 e. The largest absolute Gasteiger partial charge is 2.00 e. The van der Waals surface area contributed by atoms with Crippen LogP contribution in [-0.4, -0.2) is 10.1 Å². The summed E-state index contributed by atoms with van der Waals surface area (Å²) in [6.45, 7) is 0. The predicted molar refractivity (Wildman–Crippen MR) is 47.9 cm³/mol. The van der Waals surface area contributed by atoms with Crippen LogP contribution in [0.5, 0.6) is 5.75 Å². The van der Waals surface area contributed by atoms with Gasteiger partial charge in [0, 0.05) is 17.5 Å². The number of hydrogen-bond acceptors (Lipinski definition) is 1. The fourth-order valence-electron chi connectivity index (χ4n) is 1.20. The van der Waals surface area contributed by atoms with Crippen molar-refractivity contribution in [2.24, 2.45) is 0 Å². The second kappa shape index (κ2) is 4.24. The van der Waals surface area contributed by atoms with Gasteiger partial charge in [0.2, 0.25) is 0 Å². The predicted octanol–water partition coefficient (Wildman–Crippen LogP) is 2.38. The molecule has 0 aliphatic heterocycles. The summed E-state index contributed by atoms with van der Waals surface area (Å²) in [4.78, 5) is 3.03. The molecule has 0 amide bonds. The Balaban J connectivity index is 0.000000845. The molecular weight excluding hydrogens is 216 g/mol. The van der Waals surface area contributed by atoms with E-state index in [9.17, 15) is 5.11 Å². The van der Waals surface area contributed by atoms with Gasteiger partial charge < -0.3 is 10.1 Å². The van der Waals surface area contributed by atoms with Crippen LogP contribution in [0, 0.1) is 0 Å². The average Bonchev–Trinajstić information content (AvgIpc) is 2.57. The molecule has 60 valence electrons. The molecular formula is C10H9NOZn+2. The number of phenols is 1. The molecule has 1 heterocycles. The Morgan fingerprint density at radius 2 is 1.77 bits per heavy atom. The van der Waals surface area contributed by atoms with E-state index < -0.39 is 0 Å². The van der Waals surface area contributed by atoms with Gasteiger partial charge in [-0.3, -0.25) is 0 Å². The van der Waals surface area contributed by atoms with E-state index in [1.54, 1.807) is 6.07 Å². The summed E-state index contributed by atoms with van der Waals surface area (Å²) >= 11 is 0. The van der Waals surface area contributed by atoms with E-state index in [0.29, 0.717) is 5.75 Å². The van der Waals surface area contributed by atoms with Gasteiger partial charge in [0.05, 0.1) is 0 Å². The summed E-state index contributed by atoms with van der Waals surface area (Å²) in [5, 5.41) is 9.46. The third-order valence-corrected chi connectivity index (χ3v) is 1.79. The van der Waals surface area contributed by atoms with E-state index in [0.717, 1.165) is 11.3 Å². The van der Waals surface area contributed by atoms with Crippen molar-refractivity contribution >= 4 is 0 Å². The molecule has 0 aliphatic rings. The van der Waals surface area contributed by atoms with Crippen LogP contribution in [0.3, 0.4) is 0 Å². The van der Waals surface area contributed by atoms with Gasteiger partial charge in [-0.15, -0.1) is 0 Å². The number of aromatic hydroxyl groups is 1. The number of aromatic nitrogens is 1. The van der Waals surface area contributed by atoms with Crippen molar-refractivity contribution in [3.05, 3.63) is 42.6 Å². The monoisotopic (exact) mass is 223 g/mol. The Labute approximate surface area is 89.4 Å². The van der Waals surface area contributed by atoms with Gasteiger partial charge in [0.1, 0.15) is 5.75 Å². The molecule has 0 fully saturated rings. The first kappa shape index (κ1) is 10.0. The molecule has 0 aliphatic carbocycles. The van der Waals surface area contributed by atoms with Crippen molar-refractivity contribution < 1.29 is 24.6 Å². The molecule has 0 saturated carbocycles. The molecule has 2 N–H and O–H groups in total.